The van der Waals surface area contributed by atoms with E-state index in [0.29, 0.717) is 18.8 Å². The van der Waals surface area contributed by atoms with Crippen LogP contribution in [0.2, 0.25) is 0 Å². The standard InChI is InChI=1S/C33H33FN4O3/c1-22-17-30(36-32-16-14-28(34)19-35-32)29-18-27(13-15-31(29)38(22)23(2)39)26-11-9-24(10-12-26)20-37(3)33(40)41-21-25-7-5-4-6-8-25/h4-16,18-19,22,30H,17,20-21H2,1-3H3,(H,35,36). The van der Waals surface area contributed by atoms with E-state index in [4.69, 9.17) is 4.74 Å². The number of nitrogens with zero attached hydrogens (tertiary/aromatic N) is 3. The maximum atomic E-state index is 13.4. The van der Waals surface area contributed by atoms with Crippen molar-refractivity contribution in [2.75, 3.05) is 17.3 Å². The van der Waals surface area contributed by atoms with Crippen molar-refractivity contribution in [2.45, 2.75) is 45.5 Å². The summed E-state index contributed by atoms with van der Waals surface area (Å²) in [5, 5.41) is 3.43. The maximum absolute atomic E-state index is 13.4. The zero-order valence-corrected chi connectivity index (χ0v) is 23.4. The van der Waals surface area contributed by atoms with Gasteiger partial charge in [-0.25, -0.2) is 14.2 Å². The average molecular weight is 553 g/mol. The van der Waals surface area contributed by atoms with Gasteiger partial charge in [-0.1, -0.05) is 60.7 Å². The molecule has 1 aliphatic rings. The molecule has 2 amide bonds. The Morgan fingerprint density at radius 2 is 1.73 bits per heavy atom. The molecule has 0 radical (unpaired) electrons. The zero-order valence-electron chi connectivity index (χ0n) is 23.4. The molecule has 8 heteroatoms. The minimum atomic E-state index is -0.392. The van der Waals surface area contributed by atoms with Gasteiger partial charge in [0.1, 0.15) is 18.2 Å². The summed E-state index contributed by atoms with van der Waals surface area (Å²) >= 11 is 0. The van der Waals surface area contributed by atoms with Gasteiger partial charge < -0.3 is 19.9 Å². The molecule has 0 saturated carbocycles. The van der Waals surface area contributed by atoms with Crippen LogP contribution in [0.5, 0.6) is 0 Å². The molecule has 0 bridgehead atoms. The molecular formula is C33H33FN4O3. The number of amides is 2. The lowest BCUT2D eigenvalue weighted by Crippen LogP contribution is -2.43. The van der Waals surface area contributed by atoms with E-state index in [1.54, 1.807) is 24.9 Å². The van der Waals surface area contributed by atoms with Crippen molar-refractivity contribution in [2.24, 2.45) is 0 Å². The Morgan fingerprint density at radius 3 is 2.41 bits per heavy atom. The predicted molar refractivity (Wildman–Crippen MR) is 158 cm³/mol. The number of pyridine rings is 1. The highest BCUT2D eigenvalue weighted by Crippen LogP contribution is 2.41. The normalized spacial score (nSPS) is 16.0. The molecule has 2 atom stereocenters. The topological polar surface area (TPSA) is 74.8 Å². The molecule has 0 aliphatic carbocycles. The van der Waals surface area contributed by atoms with Crippen molar-refractivity contribution >= 4 is 23.5 Å². The van der Waals surface area contributed by atoms with Gasteiger partial charge in [-0.05, 0) is 65.4 Å². The summed E-state index contributed by atoms with van der Waals surface area (Å²) in [5.41, 5.74) is 5.76. The lowest BCUT2D eigenvalue weighted by molar-refractivity contribution is -0.117. The van der Waals surface area contributed by atoms with Crippen LogP contribution in [0.4, 0.5) is 20.7 Å². The molecule has 2 unspecified atom stereocenters. The first kappa shape index (κ1) is 27.8. The molecule has 0 spiro atoms. The van der Waals surface area contributed by atoms with E-state index in [9.17, 15) is 14.0 Å². The molecule has 1 aliphatic heterocycles. The Labute approximate surface area is 239 Å². The maximum Gasteiger partial charge on any atom is 0.410 e. The van der Waals surface area contributed by atoms with E-state index in [1.165, 1.54) is 12.3 Å². The van der Waals surface area contributed by atoms with Crippen LogP contribution < -0.4 is 10.2 Å². The summed E-state index contributed by atoms with van der Waals surface area (Å²) in [6.45, 7) is 4.25. The van der Waals surface area contributed by atoms with Crippen LogP contribution >= 0.6 is 0 Å². The first-order valence-electron chi connectivity index (χ1n) is 13.6. The Bertz CT molecular complexity index is 1510. The molecule has 3 aromatic carbocycles. The third kappa shape index (κ3) is 6.54. The number of halogens is 1. The first-order valence-corrected chi connectivity index (χ1v) is 13.6. The van der Waals surface area contributed by atoms with Gasteiger partial charge in [0.15, 0.2) is 0 Å². The number of fused-ring (bicyclic) bond motifs is 1. The van der Waals surface area contributed by atoms with Crippen LogP contribution in [0, 0.1) is 5.82 Å². The van der Waals surface area contributed by atoms with Gasteiger partial charge in [-0.2, -0.15) is 0 Å². The quantitative estimate of drug-likeness (QED) is 0.268. The van der Waals surface area contributed by atoms with Crippen molar-refractivity contribution in [1.82, 2.24) is 9.88 Å². The molecular weight excluding hydrogens is 519 g/mol. The van der Waals surface area contributed by atoms with Crippen molar-refractivity contribution in [3.05, 3.63) is 114 Å². The molecule has 2 heterocycles. The largest absolute Gasteiger partial charge is 0.445 e. The second-order valence-corrected chi connectivity index (χ2v) is 10.4. The van der Waals surface area contributed by atoms with Gasteiger partial charge in [-0.15, -0.1) is 0 Å². The fraction of sp³-hybridized carbons (Fsp3) is 0.242. The van der Waals surface area contributed by atoms with Gasteiger partial charge in [0.05, 0.1) is 12.2 Å². The number of hydrogen-bond acceptors (Lipinski definition) is 5. The monoisotopic (exact) mass is 552 g/mol. The second-order valence-electron chi connectivity index (χ2n) is 10.4. The van der Waals surface area contributed by atoms with Gasteiger partial charge in [0.2, 0.25) is 5.91 Å². The van der Waals surface area contributed by atoms with Crippen LogP contribution in [0.15, 0.2) is 91.1 Å². The lowest BCUT2D eigenvalue weighted by Gasteiger charge is -2.39. The Balaban J connectivity index is 1.32. The van der Waals surface area contributed by atoms with Crippen molar-refractivity contribution in [1.29, 1.82) is 0 Å². The molecule has 4 aromatic rings. The number of hydrogen-bond donors (Lipinski definition) is 1. The summed E-state index contributed by atoms with van der Waals surface area (Å²) in [6, 6.07) is 26.6. The number of carbonyl (C=O) groups excluding carboxylic acids is 2. The zero-order chi connectivity index (χ0) is 28.9. The van der Waals surface area contributed by atoms with E-state index < -0.39 is 5.82 Å². The van der Waals surface area contributed by atoms with Crippen LogP contribution in [0.25, 0.3) is 11.1 Å². The number of rotatable bonds is 7. The Hall–Kier alpha value is -4.72. The van der Waals surface area contributed by atoms with E-state index in [0.717, 1.165) is 33.5 Å². The first-order chi connectivity index (χ1) is 19.8. The van der Waals surface area contributed by atoms with E-state index in [2.05, 4.69) is 16.4 Å². The minimum absolute atomic E-state index is 0.0133. The summed E-state index contributed by atoms with van der Waals surface area (Å²) in [4.78, 5) is 32.5. The van der Waals surface area contributed by atoms with Crippen LogP contribution in [-0.4, -0.2) is 35.0 Å². The van der Waals surface area contributed by atoms with Gasteiger partial charge in [0.25, 0.3) is 0 Å². The van der Waals surface area contributed by atoms with Crippen LogP contribution in [0.1, 0.15) is 43.0 Å². The summed E-state index contributed by atoms with van der Waals surface area (Å²) in [5.74, 6) is 0.171. The highest BCUT2D eigenvalue weighted by Gasteiger charge is 2.32. The number of anilines is 2. The second kappa shape index (κ2) is 12.2. The molecule has 210 valence electrons. The molecule has 1 aromatic heterocycles. The van der Waals surface area contributed by atoms with E-state index in [-0.39, 0.29) is 30.7 Å². The SMILES string of the molecule is CC(=O)N1c2ccc(-c3ccc(CN(C)C(=O)OCc4ccccc4)cc3)cc2C(Nc2ccc(F)cn2)CC1C. The lowest BCUT2D eigenvalue weighted by atomic mass is 9.89. The predicted octanol–water partition coefficient (Wildman–Crippen LogP) is 6.95. The molecule has 1 N–H and O–H groups in total. The van der Waals surface area contributed by atoms with Crippen molar-refractivity contribution < 1.29 is 18.7 Å². The third-order valence-electron chi connectivity index (χ3n) is 7.29. The van der Waals surface area contributed by atoms with Gasteiger partial charge in [0, 0.05) is 32.2 Å². The summed E-state index contributed by atoms with van der Waals surface area (Å²) < 4.78 is 18.9. The van der Waals surface area contributed by atoms with Crippen molar-refractivity contribution in [3.8, 4) is 11.1 Å². The van der Waals surface area contributed by atoms with Gasteiger partial charge >= 0.3 is 6.09 Å². The molecule has 0 fully saturated rings. The van der Waals surface area contributed by atoms with Crippen LogP contribution in [-0.2, 0) is 22.7 Å². The number of carbonyl (C=O) groups is 2. The molecule has 5 rings (SSSR count). The van der Waals surface area contributed by atoms with Crippen LogP contribution in [0.3, 0.4) is 0 Å². The third-order valence-corrected chi connectivity index (χ3v) is 7.29. The van der Waals surface area contributed by atoms with E-state index in [1.807, 2.05) is 78.6 Å². The number of benzene rings is 3. The van der Waals surface area contributed by atoms with Crippen molar-refractivity contribution in [3.63, 3.8) is 0 Å². The smallest absolute Gasteiger partial charge is 0.410 e. The summed E-state index contributed by atoms with van der Waals surface area (Å²) in [6.07, 6.45) is 1.49. The molecule has 7 nitrogen and oxygen atoms in total. The average Bonchev–Trinajstić information content (AvgIpc) is 2.97. The number of ether oxygens (including phenoxy) is 1. The Kier molecular flexibility index (Phi) is 8.29. The highest BCUT2D eigenvalue weighted by molar-refractivity contribution is 5.94. The molecule has 0 saturated heterocycles. The summed E-state index contributed by atoms with van der Waals surface area (Å²) in [7, 11) is 1.72. The highest BCUT2D eigenvalue weighted by atomic mass is 19.1. The Morgan fingerprint density at radius 1 is 1.00 bits per heavy atom. The fourth-order valence-electron chi connectivity index (χ4n) is 5.27. The minimum Gasteiger partial charge on any atom is -0.445 e. The number of nitrogens with one attached hydrogen (secondary N) is 1. The number of aromatic nitrogens is 1. The fourth-order valence-corrected chi connectivity index (χ4v) is 5.27. The molecule has 41 heavy (non-hydrogen) atoms. The van der Waals surface area contributed by atoms with E-state index >= 15 is 0 Å². The van der Waals surface area contributed by atoms with Gasteiger partial charge in [-0.3, -0.25) is 4.79 Å².